The van der Waals surface area contributed by atoms with Crippen LogP contribution in [0.5, 0.6) is 0 Å². The lowest BCUT2D eigenvalue weighted by molar-refractivity contribution is -0.394. The van der Waals surface area contributed by atoms with E-state index in [-0.39, 0.29) is 41.3 Å². The second-order valence-corrected chi connectivity index (χ2v) is 24.0. The molecule has 0 aromatic rings. The van der Waals surface area contributed by atoms with Crippen LogP contribution in [-0.4, -0.2) is 241 Å². The van der Waals surface area contributed by atoms with Gasteiger partial charge in [0.1, 0.15) is 91.6 Å². The van der Waals surface area contributed by atoms with Crippen molar-refractivity contribution in [2.24, 2.45) is 46.3 Å². The van der Waals surface area contributed by atoms with E-state index in [9.17, 15) is 66.4 Å². The van der Waals surface area contributed by atoms with E-state index in [1.807, 2.05) is 6.92 Å². The fourth-order valence-corrected chi connectivity index (χ4v) is 15.3. The zero-order chi connectivity index (χ0) is 54.2. The molecular weight excluding hydrogens is 993 g/mol. The predicted octanol–water partition coefficient (Wildman–Crippen LogP) is -2.35. The first-order valence-electron chi connectivity index (χ1n) is 27.3. The third kappa shape index (κ3) is 10.5. The van der Waals surface area contributed by atoms with Gasteiger partial charge in [0, 0.05) is 19.4 Å². The molecule has 0 amide bonds. The van der Waals surface area contributed by atoms with Gasteiger partial charge in [-0.05, 0) is 98.7 Å². The lowest BCUT2D eigenvalue weighted by Gasteiger charge is -2.58. The maximum absolute atomic E-state index is 11.6. The first-order valence-corrected chi connectivity index (χ1v) is 27.3. The molecule has 0 aromatic heterocycles. The summed E-state index contributed by atoms with van der Waals surface area (Å²) in [5.41, 5.74) is 1.11. The Morgan fingerprint density at radius 1 is 0.640 bits per heavy atom. The monoisotopic (exact) mass is 1080 g/mol. The van der Waals surface area contributed by atoms with Crippen LogP contribution >= 0.6 is 0 Å². The van der Waals surface area contributed by atoms with Gasteiger partial charge in [0.25, 0.3) is 0 Å². The predicted molar refractivity (Wildman–Crippen MR) is 255 cm³/mol. The fraction of sp³-hybridized carbons (Fsp3) is 0.962. The Balaban J connectivity index is 0.871. The van der Waals surface area contributed by atoms with Crippen LogP contribution in [0.4, 0.5) is 0 Å². The minimum Gasteiger partial charge on any atom is -0.394 e. The summed E-state index contributed by atoms with van der Waals surface area (Å²) in [7, 11) is 1.71. The van der Waals surface area contributed by atoms with Gasteiger partial charge in [0.15, 0.2) is 30.9 Å². The summed E-state index contributed by atoms with van der Waals surface area (Å²) in [6.07, 6.45) is -21.5. The van der Waals surface area contributed by atoms with E-state index >= 15 is 0 Å². The van der Waals surface area contributed by atoms with E-state index < -0.39 is 155 Å². The molecule has 5 aliphatic heterocycles. The third-order valence-corrected chi connectivity index (χ3v) is 19.8. The van der Waals surface area contributed by atoms with Gasteiger partial charge in [-0.25, -0.2) is 0 Å². The molecule has 9 aliphatic rings. The summed E-state index contributed by atoms with van der Waals surface area (Å²) in [4.78, 5) is 0. The average Bonchev–Trinajstić information content (AvgIpc) is 3.92. The van der Waals surface area contributed by atoms with Gasteiger partial charge >= 0.3 is 0 Å². The minimum absolute atomic E-state index is 0.00228. The van der Waals surface area contributed by atoms with Crippen molar-refractivity contribution in [1.29, 1.82) is 0 Å². The largest absolute Gasteiger partial charge is 0.394 e. The van der Waals surface area contributed by atoms with Crippen LogP contribution in [0, 0.1) is 46.3 Å². The highest BCUT2D eigenvalue weighted by Gasteiger charge is 2.68. The number of aliphatic hydroxyl groups is 13. The van der Waals surface area contributed by atoms with Crippen molar-refractivity contribution in [2.75, 3.05) is 33.5 Å². The van der Waals surface area contributed by atoms with Gasteiger partial charge in [-0.1, -0.05) is 39.3 Å². The summed E-state index contributed by atoms with van der Waals surface area (Å²) in [6.45, 7) is 8.74. The normalized spacial score (nSPS) is 54.3. The van der Waals surface area contributed by atoms with Gasteiger partial charge in [0.05, 0.1) is 44.7 Å². The highest BCUT2D eigenvalue weighted by molar-refractivity contribution is 5.26. The maximum atomic E-state index is 11.6. The molecule has 432 valence electrons. The van der Waals surface area contributed by atoms with Crippen molar-refractivity contribution in [3.8, 4) is 0 Å². The molecule has 0 spiro atoms. The number of allylic oxidation sites excluding steroid dienone is 1. The van der Waals surface area contributed by atoms with Crippen LogP contribution in [0.25, 0.3) is 0 Å². The van der Waals surface area contributed by atoms with Crippen LogP contribution in [-0.2, 0) is 47.4 Å². The van der Waals surface area contributed by atoms with Gasteiger partial charge in [-0.15, -0.1) is 0 Å². The van der Waals surface area contributed by atoms with E-state index in [1.54, 1.807) is 7.11 Å². The third-order valence-electron chi connectivity index (χ3n) is 19.8. The standard InChI is InChI=1S/C52H86O23/c1-21(20-67-46-41(63)39(61)35(57)30(17-53)70-46)9-14-52(66-6)22(2)33-29(75-52)16-28-26-8-7-24-15-25(10-12-50(24,4)27(26)11-13-51(28,33)5)69-49-45(74-47-42(64)38(60)34(56)23(3)68-47)44(37(59)32(19-55)72-49)73-48-43(65)40(62)36(58)31(18-54)71-48/h7,21-23,25-49,53-65H,8-20H2,1-6H3/t21-,22+,23+,25+,26-,27+,28+,29-,30-,31-,32-,33+,34+,35-,36-,37-,38-,39+,40+,41-,42-,43-,44+,45-,46-,47+,48+,49-,50+,51+,52-/m0/s1. The Bertz CT molecular complexity index is 1930. The Labute approximate surface area is 437 Å². The highest BCUT2D eigenvalue weighted by Crippen LogP contribution is 2.70. The molecule has 4 aliphatic carbocycles. The van der Waals surface area contributed by atoms with Crippen molar-refractivity contribution in [2.45, 2.75) is 233 Å². The number of fused-ring (bicyclic) bond motifs is 7. The van der Waals surface area contributed by atoms with Crippen molar-refractivity contribution >= 4 is 0 Å². The molecule has 23 heteroatoms. The molecule has 5 heterocycles. The van der Waals surface area contributed by atoms with Crippen LogP contribution < -0.4 is 0 Å². The second kappa shape index (κ2) is 23.0. The minimum atomic E-state index is -1.88. The first kappa shape index (κ1) is 58.5. The summed E-state index contributed by atoms with van der Waals surface area (Å²) in [6, 6.07) is 0. The molecule has 0 bridgehead atoms. The van der Waals surface area contributed by atoms with Crippen molar-refractivity contribution in [1.82, 2.24) is 0 Å². The molecule has 8 fully saturated rings. The molecule has 5 saturated heterocycles. The molecule has 0 unspecified atom stereocenters. The van der Waals surface area contributed by atoms with Gasteiger partial charge in [0.2, 0.25) is 0 Å². The summed E-state index contributed by atoms with van der Waals surface area (Å²) in [5, 5.41) is 137. The summed E-state index contributed by atoms with van der Waals surface area (Å²) in [5.74, 6) is 0.765. The Morgan fingerprint density at radius 3 is 1.85 bits per heavy atom. The maximum Gasteiger partial charge on any atom is 0.187 e. The molecular formula is C52H86O23. The lowest BCUT2D eigenvalue weighted by atomic mass is 9.47. The van der Waals surface area contributed by atoms with Gasteiger partial charge in [-0.2, -0.15) is 0 Å². The van der Waals surface area contributed by atoms with Crippen molar-refractivity contribution in [3.63, 3.8) is 0 Å². The Morgan fingerprint density at radius 2 is 1.21 bits per heavy atom. The van der Waals surface area contributed by atoms with E-state index in [0.717, 1.165) is 32.1 Å². The summed E-state index contributed by atoms with van der Waals surface area (Å²) < 4.78 is 61.6. The van der Waals surface area contributed by atoms with E-state index in [1.165, 1.54) is 12.5 Å². The molecule has 75 heavy (non-hydrogen) atoms. The summed E-state index contributed by atoms with van der Waals surface area (Å²) >= 11 is 0. The highest BCUT2D eigenvalue weighted by atomic mass is 16.8. The molecule has 9 rings (SSSR count). The molecule has 31 atom stereocenters. The number of hydrogen-bond donors (Lipinski definition) is 13. The number of hydrogen-bond acceptors (Lipinski definition) is 23. The van der Waals surface area contributed by atoms with Crippen LogP contribution in [0.1, 0.15) is 92.4 Å². The second-order valence-electron chi connectivity index (χ2n) is 24.0. The molecule has 13 N–H and O–H groups in total. The zero-order valence-electron chi connectivity index (χ0n) is 43.8. The average molecular weight is 1080 g/mol. The number of rotatable bonds is 16. The number of methoxy groups -OCH3 is 1. The number of aliphatic hydroxyl groups excluding tert-OH is 13. The van der Waals surface area contributed by atoms with Gasteiger partial charge < -0.3 is 114 Å². The SMILES string of the molecule is CO[C@@]1(CC[C@H](C)CO[C@H]2O[C@@H](CO)[C@H](O)[C@@H](O)[C@@H]2O)O[C@H]2C[C@@H]3[C@H]4CC=C5C[C@H](O[C@H]6O[C@@H](CO)[C@H](O)[C@@H](O[C@H]7O[C@@H](CO)[C@H](O)[C@@H](O)[C@@H]7O)[C@@H]6O[C@H]6O[C@H](C)[C@@H](O)[C@H](O)[C@@H]6O)CC[C@@]5(C)[C@@H]4CC[C@@]3(C)[C@@H]2[C@H]1C. The van der Waals surface area contributed by atoms with Crippen LogP contribution in [0.15, 0.2) is 11.6 Å². The fourth-order valence-electron chi connectivity index (χ4n) is 15.3. The van der Waals surface area contributed by atoms with E-state index in [2.05, 4.69) is 26.8 Å². The topological polar surface area (TPSA) is 355 Å². The quantitative estimate of drug-likeness (QED) is 0.0720. The Kier molecular flexibility index (Phi) is 17.9. The first-order chi connectivity index (χ1) is 35.6. The molecule has 0 aromatic carbocycles. The number of ether oxygens (including phenoxy) is 10. The van der Waals surface area contributed by atoms with Crippen LogP contribution in [0.2, 0.25) is 0 Å². The molecule has 23 nitrogen and oxygen atoms in total. The van der Waals surface area contributed by atoms with Crippen molar-refractivity contribution < 1.29 is 114 Å². The van der Waals surface area contributed by atoms with Crippen LogP contribution in [0.3, 0.4) is 0 Å². The van der Waals surface area contributed by atoms with Gasteiger partial charge in [-0.3, -0.25) is 0 Å². The van der Waals surface area contributed by atoms with Crippen molar-refractivity contribution in [3.05, 3.63) is 11.6 Å². The Hall–Kier alpha value is -1.18. The molecule has 3 saturated carbocycles. The smallest absolute Gasteiger partial charge is 0.187 e. The van der Waals surface area contributed by atoms with E-state index in [4.69, 9.17) is 47.4 Å². The molecule has 0 radical (unpaired) electrons. The zero-order valence-corrected chi connectivity index (χ0v) is 43.8. The van der Waals surface area contributed by atoms with E-state index in [0.29, 0.717) is 43.4 Å². The lowest BCUT2D eigenvalue weighted by Crippen LogP contribution is -2.67.